The van der Waals surface area contributed by atoms with Crippen LogP contribution in [0.25, 0.3) is 0 Å². The Morgan fingerprint density at radius 1 is 1.00 bits per heavy atom. The molecule has 140 valence electrons. The smallest absolute Gasteiger partial charge is 0.242 e. The maximum Gasteiger partial charge on any atom is 0.242 e. The Kier molecular flexibility index (Phi) is 6.76. The maximum absolute atomic E-state index is 12.5. The first-order chi connectivity index (χ1) is 12.4. The second-order valence-corrected chi connectivity index (χ2v) is 8.26. The molecule has 0 fully saturated rings. The molecule has 0 heterocycles. The molecule has 0 radical (unpaired) electrons. The zero-order valence-corrected chi connectivity index (χ0v) is 16.5. The van der Waals surface area contributed by atoms with Gasteiger partial charge in [0.1, 0.15) is 0 Å². The van der Waals surface area contributed by atoms with Crippen LogP contribution in [-0.2, 0) is 23.1 Å². The fourth-order valence-electron chi connectivity index (χ4n) is 2.59. The molecule has 0 bridgehead atoms. The summed E-state index contributed by atoms with van der Waals surface area (Å²) in [5.74, 6) is 0.700. The zero-order valence-electron chi connectivity index (χ0n) is 15.7. The van der Waals surface area contributed by atoms with Gasteiger partial charge in [-0.15, -0.1) is 0 Å². The number of aliphatic imine (C=N–C) groups is 1. The van der Waals surface area contributed by atoms with Gasteiger partial charge in [-0.2, -0.15) is 0 Å². The van der Waals surface area contributed by atoms with Crippen LogP contribution < -0.4 is 5.32 Å². The van der Waals surface area contributed by atoms with Crippen LogP contribution in [0.2, 0.25) is 0 Å². The quantitative estimate of drug-likeness (QED) is 0.622. The molecule has 0 aliphatic carbocycles. The van der Waals surface area contributed by atoms with Crippen molar-refractivity contribution < 1.29 is 8.42 Å². The average molecular weight is 375 g/mol. The van der Waals surface area contributed by atoms with Crippen molar-refractivity contribution in [1.82, 2.24) is 14.5 Å². The van der Waals surface area contributed by atoms with E-state index in [4.69, 9.17) is 0 Å². The van der Waals surface area contributed by atoms with E-state index < -0.39 is 10.0 Å². The summed E-state index contributed by atoms with van der Waals surface area (Å²) in [6.45, 7) is 1.08. The van der Waals surface area contributed by atoms with E-state index in [1.807, 2.05) is 42.3 Å². The van der Waals surface area contributed by atoms with Crippen molar-refractivity contribution in [3.8, 4) is 0 Å². The third-order valence-electron chi connectivity index (χ3n) is 4.00. The lowest BCUT2D eigenvalue weighted by atomic mass is 10.2. The number of hydrogen-bond acceptors (Lipinski definition) is 3. The first kappa shape index (κ1) is 19.9. The number of nitrogens with one attached hydrogen (secondary N) is 1. The van der Waals surface area contributed by atoms with Crippen molar-refractivity contribution in [3.05, 3.63) is 65.7 Å². The fraction of sp³-hybridized carbons (Fsp3) is 0.316. The molecule has 7 heteroatoms. The summed E-state index contributed by atoms with van der Waals surface area (Å²) < 4.78 is 26.2. The van der Waals surface area contributed by atoms with Crippen LogP contribution in [0.1, 0.15) is 11.1 Å². The summed E-state index contributed by atoms with van der Waals surface area (Å²) in [7, 11) is 3.24. The van der Waals surface area contributed by atoms with Gasteiger partial charge in [0.15, 0.2) is 5.96 Å². The van der Waals surface area contributed by atoms with Crippen molar-refractivity contribution in [1.29, 1.82) is 0 Å². The number of rotatable bonds is 6. The molecule has 1 N–H and O–H groups in total. The van der Waals surface area contributed by atoms with Crippen molar-refractivity contribution >= 4 is 16.0 Å². The van der Waals surface area contributed by atoms with E-state index in [0.717, 1.165) is 0 Å². The Morgan fingerprint density at radius 2 is 1.62 bits per heavy atom. The molecule has 0 saturated carbocycles. The van der Waals surface area contributed by atoms with E-state index in [0.29, 0.717) is 29.5 Å². The molecule has 0 spiro atoms. The van der Waals surface area contributed by atoms with Gasteiger partial charge in [-0.05, 0) is 17.2 Å². The standard InChI is InChI=1S/C19H26N4O2S/c1-20-19(23(4)15-16-10-6-5-7-11-16)21-14-17-12-8-9-13-18(17)26(24,25)22(2)3/h5-13H,14-15H2,1-4H3,(H,20,21). The molecule has 0 amide bonds. The minimum absolute atomic E-state index is 0.304. The summed E-state index contributed by atoms with van der Waals surface area (Å²) in [5, 5.41) is 3.25. The highest BCUT2D eigenvalue weighted by Crippen LogP contribution is 2.18. The predicted molar refractivity (Wildman–Crippen MR) is 105 cm³/mol. The highest BCUT2D eigenvalue weighted by molar-refractivity contribution is 7.89. The van der Waals surface area contributed by atoms with Gasteiger partial charge >= 0.3 is 0 Å². The Morgan fingerprint density at radius 3 is 2.23 bits per heavy atom. The molecule has 0 saturated heterocycles. The average Bonchev–Trinajstić information content (AvgIpc) is 2.63. The van der Waals surface area contributed by atoms with Crippen LogP contribution in [0.3, 0.4) is 0 Å². The first-order valence-electron chi connectivity index (χ1n) is 8.32. The molecule has 0 aliphatic rings. The van der Waals surface area contributed by atoms with Crippen LogP contribution in [0.5, 0.6) is 0 Å². The molecule has 0 aromatic heterocycles. The molecule has 2 aromatic carbocycles. The fourth-order valence-corrected chi connectivity index (χ4v) is 3.70. The van der Waals surface area contributed by atoms with E-state index >= 15 is 0 Å². The van der Waals surface area contributed by atoms with Crippen molar-refractivity contribution in [2.75, 3.05) is 28.2 Å². The predicted octanol–water partition coefficient (Wildman–Crippen LogP) is 2.14. The monoisotopic (exact) mass is 374 g/mol. The molecule has 0 aliphatic heterocycles. The normalized spacial score (nSPS) is 12.3. The van der Waals surface area contributed by atoms with E-state index in [1.54, 1.807) is 19.2 Å². The Labute approximate surface area is 156 Å². The van der Waals surface area contributed by atoms with Gasteiger partial charge in [0.05, 0.1) is 4.90 Å². The maximum atomic E-state index is 12.5. The van der Waals surface area contributed by atoms with Gasteiger partial charge in [-0.1, -0.05) is 48.5 Å². The highest BCUT2D eigenvalue weighted by Gasteiger charge is 2.20. The lowest BCUT2D eigenvalue weighted by Crippen LogP contribution is -2.38. The van der Waals surface area contributed by atoms with Crippen LogP contribution in [0.4, 0.5) is 0 Å². The topological polar surface area (TPSA) is 65.0 Å². The van der Waals surface area contributed by atoms with Crippen LogP contribution in [0, 0.1) is 0 Å². The second kappa shape index (κ2) is 8.82. The zero-order chi connectivity index (χ0) is 19.2. The Bertz CT molecular complexity index is 849. The van der Waals surface area contributed by atoms with Crippen molar-refractivity contribution in [2.45, 2.75) is 18.0 Å². The van der Waals surface area contributed by atoms with Gasteiger partial charge in [-0.3, -0.25) is 4.99 Å². The third kappa shape index (κ3) is 4.83. The molecule has 0 atom stereocenters. The molecule has 2 aromatic rings. The summed E-state index contributed by atoms with van der Waals surface area (Å²) in [6, 6.07) is 17.1. The van der Waals surface area contributed by atoms with Crippen molar-refractivity contribution in [3.63, 3.8) is 0 Å². The molecule has 0 unspecified atom stereocenters. The van der Waals surface area contributed by atoms with E-state index in [2.05, 4.69) is 22.4 Å². The summed E-state index contributed by atoms with van der Waals surface area (Å²) in [4.78, 5) is 6.60. The number of benzene rings is 2. The van der Waals surface area contributed by atoms with E-state index in [1.165, 1.54) is 24.0 Å². The third-order valence-corrected chi connectivity index (χ3v) is 5.92. The summed E-state index contributed by atoms with van der Waals surface area (Å²) in [5.41, 5.74) is 1.88. The van der Waals surface area contributed by atoms with Gasteiger partial charge < -0.3 is 10.2 Å². The van der Waals surface area contributed by atoms with Gasteiger partial charge in [0.2, 0.25) is 10.0 Å². The first-order valence-corrected chi connectivity index (χ1v) is 9.76. The van der Waals surface area contributed by atoms with Crippen LogP contribution in [-0.4, -0.2) is 51.8 Å². The number of nitrogens with zero attached hydrogens (tertiary/aromatic N) is 3. The molecular weight excluding hydrogens is 348 g/mol. The van der Waals surface area contributed by atoms with Crippen molar-refractivity contribution in [2.24, 2.45) is 4.99 Å². The largest absolute Gasteiger partial charge is 0.352 e. The number of hydrogen-bond donors (Lipinski definition) is 1. The lowest BCUT2D eigenvalue weighted by molar-refractivity contribution is 0.476. The van der Waals surface area contributed by atoms with Crippen LogP contribution in [0.15, 0.2) is 64.5 Å². The minimum atomic E-state index is -3.49. The summed E-state index contributed by atoms with van der Waals surface area (Å²) in [6.07, 6.45) is 0. The molecule has 6 nitrogen and oxygen atoms in total. The van der Waals surface area contributed by atoms with Gasteiger partial charge in [0, 0.05) is 41.3 Å². The molecule has 26 heavy (non-hydrogen) atoms. The van der Waals surface area contributed by atoms with E-state index in [-0.39, 0.29) is 0 Å². The second-order valence-electron chi connectivity index (χ2n) is 6.14. The van der Waals surface area contributed by atoms with Gasteiger partial charge in [-0.25, -0.2) is 12.7 Å². The number of sulfonamides is 1. The number of guanidine groups is 1. The summed E-state index contributed by atoms with van der Waals surface area (Å²) >= 11 is 0. The SMILES string of the molecule is CN=C(NCc1ccccc1S(=O)(=O)N(C)C)N(C)Cc1ccccc1. The van der Waals surface area contributed by atoms with Gasteiger partial charge in [0.25, 0.3) is 0 Å². The van der Waals surface area contributed by atoms with E-state index in [9.17, 15) is 8.42 Å². The Hall–Kier alpha value is -2.38. The highest BCUT2D eigenvalue weighted by atomic mass is 32.2. The molecular formula is C19H26N4O2S. The lowest BCUT2D eigenvalue weighted by Gasteiger charge is -2.23. The van der Waals surface area contributed by atoms with Crippen LogP contribution >= 0.6 is 0 Å². The molecule has 2 rings (SSSR count). The minimum Gasteiger partial charge on any atom is -0.352 e. The Balaban J connectivity index is 2.12.